The average Bonchev–Trinajstić information content (AvgIpc) is 3.11. The lowest BCUT2D eigenvalue weighted by atomic mass is 10.1. The van der Waals surface area contributed by atoms with Crippen molar-refractivity contribution < 1.29 is 0 Å². The summed E-state index contributed by atoms with van der Waals surface area (Å²) in [4.78, 5) is 1.26. The molecule has 0 spiro atoms. The van der Waals surface area contributed by atoms with E-state index in [2.05, 4.69) is 48.4 Å². The van der Waals surface area contributed by atoms with E-state index in [9.17, 15) is 0 Å². The number of benzene rings is 1. The summed E-state index contributed by atoms with van der Waals surface area (Å²) in [6.45, 7) is 6.02. The van der Waals surface area contributed by atoms with Crippen LogP contribution in [-0.2, 0) is 6.42 Å². The maximum absolute atomic E-state index is 8.47. The van der Waals surface area contributed by atoms with Crippen LogP contribution < -0.4 is 0 Å². The van der Waals surface area contributed by atoms with Crippen LogP contribution in [0.25, 0.3) is 16.2 Å². The van der Waals surface area contributed by atoms with E-state index >= 15 is 0 Å². The fraction of sp³-hybridized carbons (Fsp3) is 0.111. The van der Waals surface area contributed by atoms with Gasteiger partial charge in [-0.25, -0.2) is 0 Å². The Morgan fingerprint density at radius 1 is 1.36 bits per heavy atom. The van der Waals surface area contributed by atoms with Gasteiger partial charge in [-0.2, -0.15) is 0 Å². The van der Waals surface area contributed by atoms with Gasteiger partial charge in [0.2, 0.25) is 0 Å². The highest BCUT2D eigenvalue weighted by atomic mass is 127. The molecule has 1 aliphatic heterocycles. The largest absolute Gasteiger partial charge is 0.304 e. The molecule has 0 saturated carbocycles. The number of rotatable bonds is 5. The Bertz CT molecular complexity index is 840. The molecule has 0 atom stereocenters. The van der Waals surface area contributed by atoms with E-state index in [1.807, 2.05) is 13.0 Å². The lowest BCUT2D eigenvalue weighted by molar-refractivity contribution is 1.34. The van der Waals surface area contributed by atoms with Crippen molar-refractivity contribution >= 4 is 68.5 Å². The number of thioether (sulfide) groups is 1. The highest BCUT2D eigenvalue weighted by Crippen LogP contribution is 2.37. The van der Waals surface area contributed by atoms with Gasteiger partial charge in [-0.1, -0.05) is 69.4 Å². The summed E-state index contributed by atoms with van der Waals surface area (Å²) in [6, 6.07) is 8.43. The first-order chi connectivity index (χ1) is 10.7. The van der Waals surface area contributed by atoms with Gasteiger partial charge in [0.05, 0.1) is 5.71 Å². The fourth-order valence-electron chi connectivity index (χ4n) is 2.30. The average molecular weight is 437 g/mol. The van der Waals surface area contributed by atoms with Crippen LogP contribution in [0.1, 0.15) is 17.4 Å². The Morgan fingerprint density at radius 3 is 2.95 bits per heavy atom. The monoisotopic (exact) mass is 437 g/mol. The van der Waals surface area contributed by atoms with Crippen LogP contribution in [0.4, 0.5) is 0 Å². The van der Waals surface area contributed by atoms with Gasteiger partial charge in [0.1, 0.15) is 0 Å². The first-order valence-electron chi connectivity index (χ1n) is 6.95. The molecule has 0 aliphatic carbocycles. The molecule has 4 heteroatoms. The summed E-state index contributed by atoms with van der Waals surface area (Å²) >= 11 is 3.41. The molecule has 1 nitrogen and oxygen atoms in total. The number of allylic oxidation sites excluding steroid dienone is 2. The number of fused-ring (bicyclic) bond motifs is 1. The molecule has 22 heavy (non-hydrogen) atoms. The van der Waals surface area contributed by atoms with Crippen molar-refractivity contribution in [2.45, 2.75) is 13.3 Å². The van der Waals surface area contributed by atoms with Gasteiger partial charge in [-0.05, 0) is 35.4 Å². The Morgan fingerprint density at radius 2 is 2.18 bits per heavy atom. The second-order valence-corrected chi connectivity index (χ2v) is 10.4. The van der Waals surface area contributed by atoms with Gasteiger partial charge in [0.25, 0.3) is 0 Å². The molecule has 0 radical (unpaired) electrons. The molecular formula is C18H16INS2. The first-order valence-corrected chi connectivity index (χ1v) is 10.8. The first kappa shape index (κ1) is 15.9. The Balaban J connectivity index is 1.88. The summed E-state index contributed by atoms with van der Waals surface area (Å²) in [6.07, 6.45) is 6.93. The molecule has 0 amide bonds. The highest BCUT2D eigenvalue weighted by Gasteiger charge is 2.15. The second-order valence-electron chi connectivity index (χ2n) is 4.78. The molecule has 2 heterocycles. The van der Waals surface area contributed by atoms with E-state index in [4.69, 9.17) is 5.41 Å². The summed E-state index contributed by atoms with van der Waals surface area (Å²) in [5.74, 6) is 0. The molecule has 1 aromatic heterocycles. The van der Waals surface area contributed by atoms with Gasteiger partial charge < -0.3 is 5.41 Å². The third-order valence-corrected chi connectivity index (χ3v) is 9.35. The minimum absolute atomic E-state index is 0.165. The van der Waals surface area contributed by atoms with Crippen molar-refractivity contribution in [2.24, 2.45) is 0 Å². The standard InChI is InChI=1S/C18H16INS2/c1-3-7-18-19-14(11-21-18)15(20)10-17-12(4-2)13-8-5-6-9-16(13)22-17/h3-9,11,20H,2,10H2,1H3/b7-3-,20-15?. The van der Waals surface area contributed by atoms with Crippen molar-refractivity contribution in [3.8, 4) is 0 Å². The van der Waals surface area contributed by atoms with E-state index in [1.54, 1.807) is 23.1 Å². The number of hydrogen-bond acceptors (Lipinski definition) is 3. The molecule has 3 rings (SSSR count). The molecule has 1 aliphatic rings. The highest BCUT2D eigenvalue weighted by molar-refractivity contribution is 14.2. The maximum Gasteiger partial charge on any atom is 0.0501 e. The van der Waals surface area contributed by atoms with Crippen LogP contribution in [0.2, 0.25) is 0 Å². The predicted molar refractivity (Wildman–Crippen MR) is 113 cm³/mol. The molecular weight excluding hydrogens is 421 g/mol. The van der Waals surface area contributed by atoms with Crippen molar-refractivity contribution in [3.05, 3.63) is 62.4 Å². The van der Waals surface area contributed by atoms with Crippen LogP contribution in [0.5, 0.6) is 0 Å². The van der Waals surface area contributed by atoms with Crippen LogP contribution in [0.3, 0.4) is 0 Å². The van der Waals surface area contributed by atoms with Crippen molar-refractivity contribution in [1.82, 2.24) is 0 Å². The molecule has 0 saturated heterocycles. The van der Waals surface area contributed by atoms with Gasteiger partial charge in [-0.15, -0.1) is 11.3 Å². The fourth-order valence-corrected chi connectivity index (χ4v) is 7.89. The molecule has 2 aromatic rings. The summed E-state index contributed by atoms with van der Waals surface area (Å²) in [5, 5.41) is 11.9. The number of halogens is 1. The maximum atomic E-state index is 8.47. The van der Waals surface area contributed by atoms with Crippen LogP contribution >= 0.6 is 43.8 Å². The summed E-state index contributed by atoms with van der Waals surface area (Å²) < 4.78 is 3.97. The van der Waals surface area contributed by atoms with E-state index in [1.165, 1.54) is 26.9 Å². The van der Waals surface area contributed by atoms with E-state index in [0.717, 1.165) is 12.1 Å². The third kappa shape index (κ3) is 3.19. The normalized spacial score (nSPS) is 14.8. The molecule has 112 valence electrons. The Labute approximate surface area is 149 Å². The Hall–Kier alpha value is -0.980. The summed E-state index contributed by atoms with van der Waals surface area (Å²) in [7, 11) is 0. The molecule has 0 fully saturated rings. The smallest absolute Gasteiger partial charge is 0.0501 e. The van der Waals surface area contributed by atoms with Gasteiger partial charge in [0, 0.05) is 22.4 Å². The van der Waals surface area contributed by atoms with Gasteiger partial charge in [-0.3, -0.25) is 0 Å². The van der Waals surface area contributed by atoms with Gasteiger partial charge >= 0.3 is 0 Å². The second kappa shape index (κ2) is 7.06. The summed E-state index contributed by atoms with van der Waals surface area (Å²) in [5.41, 5.74) is 1.97. The lowest BCUT2D eigenvalue weighted by Gasteiger charge is -2.02. The van der Waals surface area contributed by atoms with Crippen molar-refractivity contribution in [1.29, 1.82) is 5.41 Å². The molecule has 0 bridgehead atoms. The number of thiophene rings is 1. The van der Waals surface area contributed by atoms with E-state index < -0.39 is 0 Å². The third-order valence-electron chi connectivity index (χ3n) is 3.31. The zero-order chi connectivity index (χ0) is 15.5. The number of nitrogens with one attached hydrogen (secondary N) is 1. The predicted octanol–water partition coefficient (Wildman–Crippen LogP) is 6.37. The Kier molecular flexibility index (Phi) is 5.10. The van der Waals surface area contributed by atoms with Crippen LogP contribution in [0, 0.1) is 5.41 Å². The number of hydrogen-bond donors (Lipinski definition) is 1. The molecule has 1 aromatic carbocycles. The van der Waals surface area contributed by atoms with Gasteiger partial charge in [0.15, 0.2) is 0 Å². The van der Waals surface area contributed by atoms with Crippen molar-refractivity contribution in [3.63, 3.8) is 0 Å². The molecule has 1 N–H and O–H groups in total. The minimum atomic E-state index is -0.165. The SMILES string of the molecule is C=Cc1c(CC(=N)C2=CSC(/C=C\C)=I2)sc2ccccc12. The minimum Gasteiger partial charge on any atom is -0.304 e. The quantitative estimate of drug-likeness (QED) is 0.427. The van der Waals surface area contributed by atoms with Crippen LogP contribution in [-0.4, -0.2) is 8.55 Å². The zero-order valence-electron chi connectivity index (χ0n) is 12.2. The molecule has 0 unspecified atom stereocenters. The van der Waals surface area contributed by atoms with E-state index in [-0.39, 0.29) is 20.7 Å². The van der Waals surface area contributed by atoms with Crippen molar-refractivity contribution in [2.75, 3.05) is 0 Å². The zero-order valence-corrected chi connectivity index (χ0v) is 16.0. The van der Waals surface area contributed by atoms with E-state index in [0.29, 0.717) is 0 Å². The van der Waals surface area contributed by atoms with Crippen LogP contribution in [0.15, 0.2) is 52.0 Å². The topological polar surface area (TPSA) is 23.9 Å². The lowest BCUT2D eigenvalue weighted by Crippen LogP contribution is -2.00.